The number of hydrogen-bond donors (Lipinski definition) is 4. The number of aromatic hydroxyl groups is 2. The number of rotatable bonds is 5. The Hall–Kier alpha value is -4.01. The Bertz CT molecular complexity index is 1530. The fraction of sp³-hybridized carbons (Fsp3) is 0.448. The van der Waals surface area contributed by atoms with Gasteiger partial charge in [-0.15, -0.1) is 0 Å². The van der Waals surface area contributed by atoms with Crippen LogP contribution in [0.25, 0.3) is 0 Å². The van der Waals surface area contributed by atoms with Crippen molar-refractivity contribution in [3.05, 3.63) is 51.6 Å². The molecule has 2 aromatic rings. The molecule has 1 aliphatic heterocycles. The van der Waals surface area contributed by atoms with E-state index in [2.05, 4.69) is 0 Å². The zero-order valence-electron chi connectivity index (χ0n) is 23.2. The van der Waals surface area contributed by atoms with E-state index in [1.165, 1.54) is 39.2 Å². The average molecular weight is 608 g/mol. The first-order valence-corrected chi connectivity index (χ1v) is 13.4. The molecule has 43 heavy (non-hydrogen) atoms. The number of ether oxygens (including phenoxy) is 3. The summed E-state index contributed by atoms with van der Waals surface area (Å²) in [5.41, 5.74) is -1.09. The fourth-order valence-corrected chi connectivity index (χ4v) is 6.07. The molecule has 1 fully saturated rings. The monoisotopic (exact) mass is 607 g/mol. The van der Waals surface area contributed by atoms with Crippen LogP contribution < -0.4 is 10.1 Å². The van der Waals surface area contributed by atoms with Crippen molar-refractivity contribution in [1.82, 2.24) is 5.32 Å². The summed E-state index contributed by atoms with van der Waals surface area (Å²) in [7, 11) is 1.30. The molecule has 1 amide bonds. The fourth-order valence-electron chi connectivity index (χ4n) is 6.07. The van der Waals surface area contributed by atoms with Crippen LogP contribution >= 0.6 is 0 Å². The van der Waals surface area contributed by atoms with E-state index >= 15 is 0 Å². The molecule has 0 aromatic heterocycles. The van der Waals surface area contributed by atoms with Crippen molar-refractivity contribution in [1.29, 1.82) is 0 Å². The summed E-state index contributed by atoms with van der Waals surface area (Å²) in [5.74, 6) is -5.97. The molecule has 0 bridgehead atoms. The highest BCUT2D eigenvalue weighted by Gasteiger charge is 2.47. The maximum atomic E-state index is 13.7. The number of fused-ring (bicyclic) bond motifs is 3. The number of nitrogens with one attached hydrogen (secondary N) is 1. The van der Waals surface area contributed by atoms with Gasteiger partial charge in [-0.05, 0) is 32.8 Å². The van der Waals surface area contributed by atoms with Crippen molar-refractivity contribution < 1.29 is 61.9 Å². The van der Waals surface area contributed by atoms with E-state index in [0.29, 0.717) is 0 Å². The maximum Gasteiger partial charge on any atom is 0.471 e. The summed E-state index contributed by atoms with van der Waals surface area (Å²) >= 11 is 0. The average Bonchev–Trinajstić information content (AvgIpc) is 2.94. The van der Waals surface area contributed by atoms with Crippen molar-refractivity contribution in [2.24, 2.45) is 5.92 Å². The summed E-state index contributed by atoms with van der Waals surface area (Å²) in [6, 6.07) is 2.93. The van der Waals surface area contributed by atoms with Crippen LogP contribution in [-0.4, -0.2) is 76.4 Å². The zero-order valence-corrected chi connectivity index (χ0v) is 23.2. The van der Waals surface area contributed by atoms with Gasteiger partial charge in [-0.1, -0.05) is 12.1 Å². The van der Waals surface area contributed by atoms with Crippen LogP contribution in [0.15, 0.2) is 18.2 Å². The maximum absolute atomic E-state index is 13.7. The lowest BCUT2D eigenvalue weighted by atomic mass is 9.74. The predicted octanol–water partition coefficient (Wildman–Crippen LogP) is 2.63. The summed E-state index contributed by atoms with van der Waals surface area (Å²) in [5, 5.41) is 35.1. The Kier molecular flexibility index (Phi) is 7.73. The molecule has 0 saturated carbocycles. The number of ketones is 3. The highest BCUT2D eigenvalue weighted by Crippen LogP contribution is 2.51. The molecule has 5 unspecified atom stereocenters. The molecule has 6 atom stereocenters. The lowest BCUT2D eigenvalue weighted by Gasteiger charge is -2.41. The van der Waals surface area contributed by atoms with Crippen molar-refractivity contribution in [2.45, 2.75) is 69.9 Å². The molecule has 2 aromatic carbocycles. The lowest BCUT2D eigenvalue weighted by Crippen LogP contribution is -2.58. The third kappa shape index (κ3) is 5.12. The molecule has 3 aliphatic rings. The zero-order chi connectivity index (χ0) is 31.5. The Morgan fingerprint density at radius 1 is 1.05 bits per heavy atom. The highest BCUT2D eigenvalue weighted by molar-refractivity contribution is 6.31. The molecule has 5 rings (SSSR count). The third-order valence-electron chi connectivity index (χ3n) is 8.20. The van der Waals surface area contributed by atoms with E-state index in [-0.39, 0.29) is 46.6 Å². The van der Waals surface area contributed by atoms with Crippen molar-refractivity contribution >= 4 is 23.3 Å². The van der Waals surface area contributed by atoms with E-state index in [1.807, 2.05) is 0 Å². The minimum absolute atomic E-state index is 0.0138. The highest BCUT2D eigenvalue weighted by atomic mass is 19.4. The molecule has 1 saturated heterocycles. The Labute approximate surface area is 242 Å². The van der Waals surface area contributed by atoms with E-state index < -0.39 is 89.3 Å². The van der Waals surface area contributed by atoms with Crippen molar-refractivity contribution in [3.8, 4) is 17.2 Å². The number of aliphatic hydroxyl groups is 1. The van der Waals surface area contributed by atoms with Crippen LogP contribution in [0.1, 0.15) is 75.8 Å². The number of methoxy groups -OCH3 is 1. The molecule has 2 aliphatic carbocycles. The summed E-state index contributed by atoms with van der Waals surface area (Å²) in [6.07, 6.45) is -10.9. The number of carbonyl (C=O) groups excluding carboxylic acids is 4. The third-order valence-corrected chi connectivity index (χ3v) is 8.20. The Balaban J connectivity index is 1.53. The van der Waals surface area contributed by atoms with Gasteiger partial charge in [0.1, 0.15) is 23.0 Å². The van der Waals surface area contributed by atoms with E-state index in [0.717, 1.165) is 0 Å². The first kappa shape index (κ1) is 30.4. The first-order valence-electron chi connectivity index (χ1n) is 13.4. The number of benzene rings is 2. The number of amides is 1. The molecule has 0 radical (unpaired) electrons. The molecular formula is C29H28F3NO10. The van der Waals surface area contributed by atoms with E-state index in [4.69, 9.17) is 14.2 Å². The molecule has 4 N–H and O–H groups in total. The van der Waals surface area contributed by atoms with Gasteiger partial charge >= 0.3 is 12.1 Å². The Morgan fingerprint density at radius 2 is 1.72 bits per heavy atom. The SMILES string of the molecule is COc1cccc2c1C(=O)c1c(O)c3c(c(O)c1C2=O)CC(C(C)=O)C[C@@H]3OC1CC(O)C(NC(=O)C(F)(F)F)C(C)O1. The number of hydrogen-bond acceptors (Lipinski definition) is 10. The lowest BCUT2D eigenvalue weighted by molar-refractivity contribution is -0.244. The van der Waals surface area contributed by atoms with Gasteiger partial charge in [-0.3, -0.25) is 19.2 Å². The van der Waals surface area contributed by atoms with Crippen LogP contribution in [0.5, 0.6) is 17.2 Å². The van der Waals surface area contributed by atoms with Gasteiger partial charge in [-0.2, -0.15) is 13.2 Å². The normalized spacial score (nSPS) is 26.7. The van der Waals surface area contributed by atoms with Gasteiger partial charge in [0.2, 0.25) is 5.78 Å². The molecule has 230 valence electrons. The van der Waals surface area contributed by atoms with Gasteiger partial charge in [0.05, 0.1) is 48.2 Å². The quantitative estimate of drug-likeness (QED) is 0.317. The van der Waals surface area contributed by atoms with Crippen LogP contribution in [0.2, 0.25) is 0 Å². The minimum atomic E-state index is -5.18. The largest absolute Gasteiger partial charge is 0.507 e. The standard InChI is InChI=1S/C29H28F3NO10/c1-10(34)12-7-14-20(17(8-12)43-18-9-15(35)23(11(2)42-18)33-28(40)29(30,31)32)27(39)22-21(25(14)37)24(36)13-5-4-6-16(41-3)19(13)26(22)38/h4-6,11-12,15,17-18,23,35,37,39H,7-9H2,1-3H3,(H,33,40)/t11?,12?,15?,17-,18?,23?/m0/s1. The second kappa shape index (κ2) is 10.9. The molecule has 0 spiro atoms. The predicted molar refractivity (Wildman–Crippen MR) is 139 cm³/mol. The van der Waals surface area contributed by atoms with Crippen LogP contribution in [0.3, 0.4) is 0 Å². The summed E-state index contributed by atoms with van der Waals surface area (Å²) in [6.45, 7) is 2.64. The number of phenols is 2. The second-order valence-corrected chi connectivity index (χ2v) is 10.8. The second-order valence-electron chi connectivity index (χ2n) is 10.8. The molecule has 14 heteroatoms. The first-order chi connectivity index (χ1) is 20.1. The number of Topliss-reactive ketones (excluding diaryl/α,β-unsaturated/α-hetero) is 1. The minimum Gasteiger partial charge on any atom is -0.507 e. The van der Waals surface area contributed by atoms with Crippen molar-refractivity contribution in [2.75, 3.05) is 7.11 Å². The van der Waals surface area contributed by atoms with Gasteiger partial charge in [0.15, 0.2) is 12.1 Å². The van der Waals surface area contributed by atoms with Gasteiger partial charge in [0, 0.05) is 29.0 Å². The Morgan fingerprint density at radius 3 is 2.33 bits per heavy atom. The molecule has 11 nitrogen and oxygen atoms in total. The number of phenolic OH excluding ortho intramolecular Hbond substituents is 2. The summed E-state index contributed by atoms with van der Waals surface area (Å²) in [4.78, 5) is 51.1. The number of carbonyl (C=O) groups is 4. The smallest absolute Gasteiger partial charge is 0.471 e. The topological polar surface area (TPSA) is 169 Å². The molecule has 1 heterocycles. The molecular weight excluding hydrogens is 579 g/mol. The van der Waals surface area contributed by atoms with Gasteiger partial charge in [-0.25, -0.2) is 0 Å². The number of aliphatic hydroxyl groups excluding tert-OH is 1. The number of halogens is 3. The van der Waals surface area contributed by atoms with E-state index in [1.54, 1.807) is 5.32 Å². The van der Waals surface area contributed by atoms with Crippen molar-refractivity contribution in [3.63, 3.8) is 0 Å². The van der Waals surface area contributed by atoms with Gasteiger partial charge in [0.25, 0.3) is 0 Å². The van der Waals surface area contributed by atoms with E-state index in [9.17, 15) is 47.7 Å². The number of alkyl halides is 3. The summed E-state index contributed by atoms with van der Waals surface area (Å²) < 4.78 is 55.3. The van der Waals surface area contributed by atoms with Gasteiger partial charge < -0.3 is 34.8 Å². The van der Waals surface area contributed by atoms with Crippen LogP contribution in [-0.2, 0) is 25.5 Å². The van der Waals surface area contributed by atoms with Crippen LogP contribution in [0, 0.1) is 5.92 Å². The van der Waals surface area contributed by atoms with Crippen LogP contribution in [0.4, 0.5) is 13.2 Å².